The Morgan fingerprint density at radius 1 is 1.42 bits per heavy atom. The molecule has 1 amide bonds. The Hall–Kier alpha value is -1.95. The van der Waals surface area contributed by atoms with E-state index in [-0.39, 0.29) is 18.1 Å². The fourth-order valence-corrected chi connectivity index (χ4v) is 3.10. The van der Waals surface area contributed by atoms with Gasteiger partial charge in [0, 0.05) is 32.6 Å². The van der Waals surface area contributed by atoms with E-state index in [4.69, 9.17) is 16.3 Å². The van der Waals surface area contributed by atoms with Crippen LogP contribution in [0.5, 0.6) is 5.75 Å². The van der Waals surface area contributed by atoms with E-state index in [1.54, 1.807) is 7.05 Å². The zero-order valence-corrected chi connectivity index (χ0v) is 16.6. The molecule has 1 aliphatic heterocycles. The number of nitrogens with zero attached hydrogens (tertiary/aromatic N) is 2. The summed E-state index contributed by atoms with van der Waals surface area (Å²) in [5, 5.41) is 7.32. The number of carbonyl (C=O) groups excluding carboxylic acids is 1. The Bertz CT molecular complexity index is 623. The van der Waals surface area contributed by atoms with Crippen molar-refractivity contribution < 1.29 is 9.53 Å². The molecule has 0 aliphatic carbocycles. The number of guanidine groups is 1. The van der Waals surface area contributed by atoms with Crippen molar-refractivity contribution in [1.82, 2.24) is 15.5 Å². The maximum Gasteiger partial charge on any atom is 0.222 e. The number of carbonyl (C=O) groups is 1. The summed E-state index contributed by atoms with van der Waals surface area (Å²) in [5.74, 6) is 1.62. The highest BCUT2D eigenvalue weighted by molar-refractivity contribution is 6.32. The first-order valence-electron chi connectivity index (χ1n) is 9.23. The fourth-order valence-electron chi connectivity index (χ4n) is 2.92. The quantitative estimate of drug-likeness (QED) is 0.563. The van der Waals surface area contributed by atoms with Crippen molar-refractivity contribution in [3.05, 3.63) is 29.3 Å². The summed E-state index contributed by atoms with van der Waals surface area (Å²) in [6.07, 6.45) is 2.31. The van der Waals surface area contributed by atoms with E-state index < -0.39 is 0 Å². The second-order valence-electron chi connectivity index (χ2n) is 6.35. The second kappa shape index (κ2) is 10.3. The number of aliphatic imine (C=N–C) groups is 1. The van der Waals surface area contributed by atoms with Crippen LogP contribution in [0.1, 0.15) is 33.1 Å². The minimum Gasteiger partial charge on any atom is -0.487 e. The standard InChI is InChI=1S/C19H29ClN4O2/c1-4-15(26-17-9-7-6-8-16(17)20)12-22-19(21-3)23-14-10-11-24(13-14)18(25)5-2/h6-9,14-15H,4-5,10-13H2,1-3H3,(H2,21,22,23). The predicted octanol–water partition coefficient (Wildman–Crippen LogP) is 2.67. The van der Waals surface area contributed by atoms with Crippen LogP contribution in [0.15, 0.2) is 29.3 Å². The summed E-state index contributed by atoms with van der Waals surface area (Å²) < 4.78 is 5.99. The molecule has 2 rings (SSSR count). The molecule has 144 valence electrons. The number of ether oxygens (including phenoxy) is 1. The molecule has 2 unspecified atom stereocenters. The van der Waals surface area contributed by atoms with Gasteiger partial charge in [0.1, 0.15) is 11.9 Å². The average molecular weight is 381 g/mol. The number of rotatable bonds is 7. The molecule has 6 nitrogen and oxygen atoms in total. The summed E-state index contributed by atoms with van der Waals surface area (Å²) in [6, 6.07) is 7.71. The van der Waals surface area contributed by atoms with E-state index >= 15 is 0 Å². The van der Waals surface area contributed by atoms with Gasteiger partial charge in [-0.1, -0.05) is 37.6 Å². The van der Waals surface area contributed by atoms with Crippen LogP contribution in [0.3, 0.4) is 0 Å². The molecule has 0 radical (unpaired) electrons. The van der Waals surface area contributed by atoms with Crippen molar-refractivity contribution in [3.8, 4) is 5.75 Å². The summed E-state index contributed by atoms with van der Waals surface area (Å²) in [5.41, 5.74) is 0. The first-order valence-corrected chi connectivity index (χ1v) is 9.61. The first-order chi connectivity index (χ1) is 12.6. The van der Waals surface area contributed by atoms with E-state index in [0.717, 1.165) is 31.9 Å². The van der Waals surface area contributed by atoms with Gasteiger partial charge >= 0.3 is 0 Å². The van der Waals surface area contributed by atoms with Crippen LogP contribution in [-0.4, -0.2) is 55.6 Å². The highest BCUT2D eigenvalue weighted by atomic mass is 35.5. The lowest BCUT2D eigenvalue weighted by Crippen LogP contribution is -2.47. The highest BCUT2D eigenvalue weighted by Gasteiger charge is 2.25. The third-order valence-electron chi connectivity index (χ3n) is 4.49. The van der Waals surface area contributed by atoms with Crippen LogP contribution >= 0.6 is 11.6 Å². The van der Waals surface area contributed by atoms with E-state index in [2.05, 4.69) is 22.5 Å². The highest BCUT2D eigenvalue weighted by Crippen LogP contribution is 2.24. The van der Waals surface area contributed by atoms with E-state index in [0.29, 0.717) is 23.7 Å². The van der Waals surface area contributed by atoms with Gasteiger partial charge in [0.15, 0.2) is 5.96 Å². The molecule has 2 N–H and O–H groups in total. The molecule has 0 saturated carbocycles. The van der Waals surface area contributed by atoms with Crippen LogP contribution in [0, 0.1) is 0 Å². The SMILES string of the molecule is CCC(=O)N1CCC(NC(=NC)NCC(CC)Oc2ccccc2Cl)C1. The van der Waals surface area contributed by atoms with E-state index in [1.165, 1.54) is 0 Å². The summed E-state index contributed by atoms with van der Waals surface area (Å²) in [4.78, 5) is 18.0. The third-order valence-corrected chi connectivity index (χ3v) is 4.80. The van der Waals surface area contributed by atoms with Crippen LogP contribution in [0.25, 0.3) is 0 Å². The first kappa shape index (κ1) is 20.4. The Balaban J connectivity index is 1.82. The molecular weight excluding hydrogens is 352 g/mol. The van der Waals surface area contributed by atoms with Crippen molar-refractivity contribution in [2.75, 3.05) is 26.7 Å². The van der Waals surface area contributed by atoms with Gasteiger partial charge in [-0.2, -0.15) is 0 Å². The molecule has 0 bridgehead atoms. The van der Waals surface area contributed by atoms with Crippen molar-refractivity contribution in [3.63, 3.8) is 0 Å². The molecule has 1 fully saturated rings. The fraction of sp³-hybridized carbons (Fsp3) is 0.579. The number of para-hydroxylation sites is 1. The Kier molecular flexibility index (Phi) is 8.04. The minimum absolute atomic E-state index is 0.0183. The number of nitrogens with one attached hydrogen (secondary N) is 2. The van der Waals surface area contributed by atoms with Gasteiger partial charge in [-0.3, -0.25) is 9.79 Å². The third kappa shape index (κ3) is 5.80. The maximum absolute atomic E-state index is 11.8. The summed E-state index contributed by atoms with van der Waals surface area (Å²) in [7, 11) is 1.75. The van der Waals surface area contributed by atoms with Crippen molar-refractivity contribution in [2.24, 2.45) is 4.99 Å². The lowest BCUT2D eigenvalue weighted by Gasteiger charge is -2.22. The lowest BCUT2D eigenvalue weighted by atomic mass is 10.2. The van der Waals surface area contributed by atoms with Crippen LogP contribution in [0.4, 0.5) is 0 Å². The van der Waals surface area contributed by atoms with Crippen LogP contribution in [-0.2, 0) is 4.79 Å². The Morgan fingerprint density at radius 3 is 2.85 bits per heavy atom. The van der Waals surface area contributed by atoms with Crippen molar-refractivity contribution >= 4 is 23.5 Å². The van der Waals surface area contributed by atoms with E-state index in [1.807, 2.05) is 36.1 Å². The van der Waals surface area contributed by atoms with Gasteiger partial charge in [-0.15, -0.1) is 0 Å². The predicted molar refractivity (Wildman–Crippen MR) is 106 cm³/mol. The van der Waals surface area contributed by atoms with Crippen LogP contribution < -0.4 is 15.4 Å². The maximum atomic E-state index is 11.8. The summed E-state index contributed by atoms with van der Waals surface area (Å²) in [6.45, 7) is 6.11. The molecule has 26 heavy (non-hydrogen) atoms. The number of halogens is 1. The monoisotopic (exact) mass is 380 g/mol. The molecule has 0 spiro atoms. The zero-order valence-electron chi connectivity index (χ0n) is 15.8. The summed E-state index contributed by atoms with van der Waals surface area (Å²) >= 11 is 6.17. The topological polar surface area (TPSA) is 66.0 Å². The molecule has 0 aromatic heterocycles. The number of hydrogen-bond donors (Lipinski definition) is 2. The minimum atomic E-state index is -0.0183. The molecule has 1 heterocycles. The normalized spacial score (nSPS) is 18.5. The van der Waals surface area contributed by atoms with Crippen molar-refractivity contribution in [1.29, 1.82) is 0 Å². The lowest BCUT2D eigenvalue weighted by molar-refractivity contribution is -0.129. The zero-order chi connectivity index (χ0) is 18.9. The van der Waals surface area contributed by atoms with Crippen molar-refractivity contribution in [2.45, 2.75) is 45.3 Å². The van der Waals surface area contributed by atoms with E-state index in [9.17, 15) is 4.79 Å². The Morgan fingerprint density at radius 2 is 2.19 bits per heavy atom. The van der Waals surface area contributed by atoms with Gasteiger partial charge in [-0.25, -0.2) is 0 Å². The molecule has 1 saturated heterocycles. The van der Waals surface area contributed by atoms with Gasteiger partial charge in [0.05, 0.1) is 11.6 Å². The average Bonchev–Trinajstić information content (AvgIpc) is 3.13. The Labute approximate surface area is 161 Å². The molecule has 1 aromatic carbocycles. The molecule has 1 aromatic rings. The number of hydrogen-bond acceptors (Lipinski definition) is 3. The molecule has 7 heteroatoms. The largest absolute Gasteiger partial charge is 0.487 e. The number of benzene rings is 1. The van der Waals surface area contributed by atoms with Gasteiger partial charge in [0.2, 0.25) is 5.91 Å². The smallest absolute Gasteiger partial charge is 0.222 e. The molecular formula is C19H29ClN4O2. The van der Waals surface area contributed by atoms with Gasteiger partial charge in [0.25, 0.3) is 0 Å². The number of amides is 1. The molecule has 2 atom stereocenters. The van der Waals surface area contributed by atoms with Crippen LogP contribution in [0.2, 0.25) is 5.02 Å². The molecule has 1 aliphatic rings. The van der Waals surface area contributed by atoms with Gasteiger partial charge in [-0.05, 0) is 25.0 Å². The number of likely N-dealkylation sites (tertiary alicyclic amines) is 1. The second-order valence-corrected chi connectivity index (χ2v) is 6.76. The van der Waals surface area contributed by atoms with Gasteiger partial charge < -0.3 is 20.3 Å².